The van der Waals surface area contributed by atoms with Crippen molar-refractivity contribution in [2.75, 3.05) is 6.61 Å². The van der Waals surface area contributed by atoms with E-state index in [9.17, 15) is 13.6 Å². The van der Waals surface area contributed by atoms with Crippen LogP contribution < -0.4 is 4.74 Å². The molecule has 0 bridgehead atoms. The van der Waals surface area contributed by atoms with E-state index in [4.69, 9.17) is 21.4 Å². The monoisotopic (exact) mass is 434 g/mol. The molecule has 0 fully saturated rings. The van der Waals surface area contributed by atoms with Crippen LogP contribution >= 0.6 is 11.6 Å². The molecule has 2 aromatic carbocycles. The van der Waals surface area contributed by atoms with E-state index >= 15 is 0 Å². The molecule has 1 aliphatic rings. The van der Waals surface area contributed by atoms with Crippen molar-refractivity contribution in [2.45, 2.75) is 51.9 Å². The maximum Gasteiger partial charge on any atom is 0.303 e. The van der Waals surface area contributed by atoms with Gasteiger partial charge in [-0.2, -0.15) is 0 Å². The standard InChI is InChI=1S/C24H25ClF2O3/c1-15-16(2)22(9-5-17(15)6-10-23(28)29)30-14-19-11-12-24(26,27)13-21(19)18-3-7-20(25)8-4-18/h3-5,7-9H,6,10-14H2,1-2H3,(H,28,29). The average Bonchev–Trinajstić information content (AvgIpc) is 2.69. The minimum Gasteiger partial charge on any atom is -0.489 e. The van der Waals surface area contributed by atoms with Gasteiger partial charge < -0.3 is 9.84 Å². The predicted octanol–water partition coefficient (Wildman–Crippen LogP) is 6.63. The average molecular weight is 435 g/mol. The number of aliphatic carboxylic acids is 1. The van der Waals surface area contributed by atoms with Crippen molar-refractivity contribution in [3.8, 4) is 5.75 Å². The van der Waals surface area contributed by atoms with Crippen molar-refractivity contribution >= 4 is 23.1 Å². The highest BCUT2D eigenvalue weighted by Gasteiger charge is 2.36. The van der Waals surface area contributed by atoms with Crippen molar-refractivity contribution in [1.82, 2.24) is 0 Å². The molecule has 1 N–H and O–H groups in total. The molecule has 160 valence electrons. The highest BCUT2D eigenvalue weighted by atomic mass is 35.5. The van der Waals surface area contributed by atoms with Crippen LogP contribution in [0.1, 0.15) is 47.9 Å². The summed E-state index contributed by atoms with van der Waals surface area (Å²) in [5.74, 6) is -2.87. The van der Waals surface area contributed by atoms with Crippen LogP contribution in [0, 0.1) is 13.8 Å². The number of allylic oxidation sites excluding steroid dienone is 1. The first kappa shape index (κ1) is 22.3. The summed E-state index contributed by atoms with van der Waals surface area (Å²) in [6.07, 6.45) is 0.323. The van der Waals surface area contributed by atoms with Crippen molar-refractivity contribution in [3.63, 3.8) is 0 Å². The summed E-state index contributed by atoms with van der Waals surface area (Å²) in [5.41, 5.74) is 5.14. The Morgan fingerprint density at radius 1 is 1.13 bits per heavy atom. The number of hydrogen-bond acceptors (Lipinski definition) is 2. The number of aryl methyl sites for hydroxylation is 1. The zero-order valence-corrected chi connectivity index (χ0v) is 17.9. The third kappa shape index (κ3) is 5.39. The number of carbonyl (C=O) groups is 1. The maximum atomic E-state index is 14.1. The number of hydrogen-bond donors (Lipinski definition) is 1. The summed E-state index contributed by atoms with van der Waals surface area (Å²) in [6.45, 7) is 4.11. The third-order valence-electron chi connectivity index (χ3n) is 5.71. The van der Waals surface area contributed by atoms with Gasteiger partial charge in [0.25, 0.3) is 5.92 Å². The number of benzene rings is 2. The van der Waals surface area contributed by atoms with Gasteiger partial charge in [0.05, 0.1) is 0 Å². The number of alkyl halides is 2. The lowest BCUT2D eigenvalue weighted by Crippen LogP contribution is -2.23. The first-order valence-electron chi connectivity index (χ1n) is 9.94. The summed E-state index contributed by atoms with van der Waals surface area (Å²) in [5, 5.41) is 9.46. The highest BCUT2D eigenvalue weighted by Crippen LogP contribution is 2.41. The molecular formula is C24H25ClF2O3. The van der Waals surface area contributed by atoms with E-state index in [1.165, 1.54) is 0 Å². The number of carboxylic acids is 1. The lowest BCUT2D eigenvalue weighted by atomic mass is 9.85. The molecule has 0 aliphatic heterocycles. The molecule has 0 saturated heterocycles. The van der Waals surface area contributed by atoms with E-state index in [0.717, 1.165) is 27.8 Å². The van der Waals surface area contributed by atoms with Gasteiger partial charge in [-0.1, -0.05) is 29.8 Å². The molecule has 3 nitrogen and oxygen atoms in total. The van der Waals surface area contributed by atoms with E-state index in [2.05, 4.69) is 0 Å². The minimum absolute atomic E-state index is 0.0754. The van der Waals surface area contributed by atoms with Crippen LogP contribution in [-0.4, -0.2) is 23.6 Å². The summed E-state index contributed by atoms with van der Waals surface area (Å²) in [6, 6.07) is 10.7. The van der Waals surface area contributed by atoms with Gasteiger partial charge in [0.1, 0.15) is 12.4 Å². The molecule has 0 unspecified atom stereocenters. The summed E-state index contributed by atoms with van der Waals surface area (Å²) < 4.78 is 34.2. The van der Waals surface area contributed by atoms with Gasteiger partial charge in [-0.25, -0.2) is 8.78 Å². The first-order valence-corrected chi connectivity index (χ1v) is 10.3. The molecule has 0 saturated carbocycles. The van der Waals surface area contributed by atoms with Gasteiger partial charge in [0.2, 0.25) is 0 Å². The molecule has 0 amide bonds. The number of rotatable bonds is 7. The van der Waals surface area contributed by atoms with Gasteiger partial charge in [-0.15, -0.1) is 0 Å². The number of ether oxygens (including phenoxy) is 1. The summed E-state index contributed by atoms with van der Waals surface area (Å²) >= 11 is 5.95. The SMILES string of the molecule is Cc1c(CCC(=O)O)ccc(OCC2=C(c3ccc(Cl)cc3)CC(F)(F)CC2)c1C. The van der Waals surface area contributed by atoms with Gasteiger partial charge in [-0.05, 0) is 78.3 Å². The van der Waals surface area contributed by atoms with Crippen LogP contribution in [0.25, 0.3) is 5.57 Å². The quantitative estimate of drug-likeness (QED) is 0.532. The molecule has 6 heteroatoms. The van der Waals surface area contributed by atoms with E-state index < -0.39 is 11.9 Å². The summed E-state index contributed by atoms with van der Waals surface area (Å²) in [7, 11) is 0. The fourth-order valence-corrected chi connectivity index (χ4v) is 3.88. The lowest BCUT2D eigenvalue weighted by molar-refractivity contribution is -0.136. The fourth-order valence-electron chi connectivity index (χ4n) is 3.76. The molecule has 2 aromatic rings. The van der Waals surface area contributed by atoms with Crippen LogP contribution in [0.4, 0.5) is 8.78 Å². The van der Waals surface area contributed by atoms with Crippen LogP contribution in [0.15, 0.2) is 42.0 Å². The second kappa shape index (κ2) is 9.17. The zero-order chi connectivity index (χ0) is 21.9. The minimum atomic E-state index is -2.73. The van der Waals surface area contributed by atoms with Crippen LogP contribution in [0.5, 0.6) is 5.75 Å². The van der Waals surface area contributed by atoms with E-state index in [-0.39, 0.29) is 32.3 Å². The second-order valence-corrected chi connectivity index (χ2v) is 8.21. The van der Waals surface area contributed by atoms with Gasteiger partial charge in [-0.3, -0.25) is 4.79 Å². The Morgan fingerprint density at radius 3 is 2.50 bits per heavy atom. The zero-order valence-electron chi connectivity index (χ0n) is 17.1. The van der Waals surface area contributed by atoms with Gasteiger partial charge in [0, 0.05) is 24.3 Å². The normalized spacial score (nSPS) is 15.9. The Bertz CT molecular complexity index is 965. The fraction of sp³-hybridized carbons (Fsp3) is 0.375. The molecule has 1 aliphatic carbocycles. The second-order valence-electron chi connectivity index (χ2n) is 7.78. The van der Waals surface area contributed by atoms with Crippen molar-refractivity contribution in [2.24, 2.45) is 0 Å². The van der Waals surface area contributed by atoms with E-state index in [0.29, 0.717) is 22.8 Å². The number of carboxylic acid groups (broad SMARTS) is 1. The van der Waals surface area contributed by atoms with Gasteiger partial charge >= 0.3 is 5.97 Å². The van der Waals surface area contributed by atoms with E-state index in [1.54, 1.807) is 24.3 Å². The largest absolute Gasteiger partial charge is 0.489 e. The Kier molecular flexibility index (Phi) is 6.81. The number of halogens is 3. The van der Waals surface area contributed by atoms with Crippen LogP contribution in [-0.2, 0) is 11.2 Å². The van der Waals surface area contributed by atoms with Crippen molar-refractivity contribution in [1.29, 1.82) is 0 Å². The Balaban J connectivity index is 1.82. The molecular weight excluding hydrogens is 410 g/mol. The predicted molar refractivity (Wildman–Crippen MR) is 115 cm³/mol. The maximum absolute atomic E-state index is 14.1. The Hall–Kier alpha value is -2.40. The third-order valence-corrected chi connectivity index (χ3v) is 5.96. The molecule has 3 rings (SSSR count). The Labute approximate surface area is 180 Å². The first-order chi connectivity index (χ1) is 14.2. The molecule has 0 heterocycles. The molecule has 0 atom stereocenters. The van der Waals surface area contributed by atoms with Gasteiger partial charge in [0.15, 0.2) is 0 Å². The van der Waals surface area contributed by atoms with Crippen LogP contribution in [0.3, 0.4) is 0 Å². The van der Waals surface area contributed by atoms with E-state index in [1.807, 2.05) is 26.0 Å². The molecule has 0 radical (unpaired) electrons. The van der Waals surface area contributed by atoms with Crippen molar-refractivity contribution < 1.29 is 23.4 Å². The Morgan fingerprint density at radius 2 is 1.83 bits per heavy atom. The highest BCUT2D eigenvalue weighted by molar-refractivity contribution is 6.30. The topological polar surface area (TPSA) is 46.5 Å². The molecule has 30 heavy (non-hydrogen) atoms. The molecule has 0 aromatic heterocycles. The smallest absolute Gasteiger partial charge is 0.303 e. The van der Waals surface area contributed by atoms with Crippen LogP contribution in [0.2, 0.25) is 5.02 Å². The lowest BCUT2D eigenvalue weighted by Gasteiger charge is -2.28. The molecule has 0 spiro atoms. The summed E-state index contributed by atoms with van der Waals surface area (Å²) in [4.78, 5) is 10.8. The van der Waals surface area contributed by atoms with Crippen molar-refractivity contribution in [3.05, 3.63) is 69.2 Å².